The fraction of sp³-hybridized carbons (Fsp3) is 0.200. The highest BCUT2D eigenvalue weighted by Crippen LogP contribution is 2.36. The molecular formula is C20H17ClN4O5S. The molecule has 9 nitrogen and oxygen atoms in total. The quantitative estimate of drug-likeness (QED) is 0.300. The number of fused-ring (bicyclic) bond motifs is 1. The summed E-state index contributed by atoms with van der Waals surface area (Å²) in [4.78, 5) is 14.9. The number of nitrogens with zero attached hydrogens (tertiary/aromatic N) is 3. The van der Waals surface area contributed by atoms with Crippen molar-refractivity contribution in [3.05, 3.63) is 74.9 Å². The van der Waals surface area contributed by atoms with Gasteiger partial charge in [0.2, 0.25) is 0 Å². The third kappa shape index (κ3) is 5.46. The Kier molecular flexibility index (Phi) is 6.70. The normalized spacial score (nSPS) is 12.3. The van der Waals surface area contributed by atoms with Crippen molar-refractivity contribution in [2.24, 2.45) is 0 Å². The summed E-state index contributed by atoms with van der Waals surface area (Å²) in [5.41, 5.74) is 1.34. The molecule has 0 fully saturated rings. The molecule has 0 saturated heterocycles. The van der Waals surface area contributed by atoms with Crippen LogP contribution in [0.25, 0.3) is 10.9 Å². The maximum Gasteiger partial charge on any atom is 0.271 e. The molecule has 0 aliphatic rings. The lowest BCUT2D eigenvalue weighted by molar-refractivity contribution is -0.384. The smallest absolute Gasteiger partial charge is 0.271 e. The van der Waals surface area contributed by atoms with Gasteiger partial charge in [0.15, 0.2) is 0 Å². The Hall–Kier alpha value is -3.26. The number of hydrogen-bond donors (Lipinski definition) is 1. The second-order valence-corrected chi connectivity index (χ2v) is 8.71. The molecule has 3 rings (SSSR count). The average molecular weight is 461 g/mol. The van der Waals surface area contributed by atoms with Crippen molar-refractivity contribution in [3.8, 4) is 6.07 Å². The van der Waals surface area contributed by atoms with Gasteiger partial charge in [-0.05, 0) is 12.0 Å². The van der Waals surface area contributed by atoms with Crippen LogP contribution in [0.3, 0.4) is 0 Å². The Labute approximate surface area is 183 Å². The van der Waals surface area contributed by atoms with Crippen LogP contribution in [0.2, 0.25) is 5.02 Å². The first-order valence-electron chi connectivity index (χ1n) is 9.02. The highest BCUT2D eigenvalue weighted by atomic mass is 35.5. The van der Waals surface area contributed by atoms with E-state index in [9.17, 15) is 23.8 Å². The number of aromatic nitrogens is 1. The Morgan fingerprint density at radius 1 is 1.32 bits per heavy atom. The van der Waals surface area contributed by atoms with Gasteiger partial charge >= 0.3 is 0 Å². The molecule has 3 aromatic rings. The van der Waals surface area contributed by atoms with E-state index in [1.165, 1.54) is 18.3 Å². The predicted octanol–water partition coefficient (Wildman–Crippen LogP) is 4.19. The lowest BCUT2D eigenvalue weighted by Gasteiger charge is -2.22. The largest absolute Gasteiger partial charge is 0.376 e. The monoisotopic (exact) mass is 460 g/mol. The number of rotatable bonds is 8. The number of nitriles is 1. The third-order valence-electron chi connectivity index (χ3n) is 4.47. The van der Waals surface area contributed by atoms with Crippen molar-refractivity contribution >= 4 is 44.0 Å². The lowest BCUT2D eigenvalue weighted by atomic mass is 10.0. The van der Waals surface area contributed by atoms with Gasteiger partial charge < -0.3 is 5.32 Å². The molecule has 0 saturated carbocycles. The molecule has 1 heterocycles. The van der Waals surface area contributed by atoms with Crippen molar-refractivity contribution < 1.29 is 17.5 Å². The molecule has 1 unspecified atom stereocenters. The molecule has 0 radical (unpaired) electrons. The second kappa shape index (κ2) is 9.26. The molecule has 1 N–H and O–H groups in total. The zero-order valence-electron chi connectivity index (χ0n) is 16.3. The van der Waals surface area contributed by atoms with Crippen LogP contribution in [-0.4, -0.2) is 31.2 Å². The van der Waals surface area contributed by atoms with Crippen LogP contribution in [0.15, 0.2) is 48.7 Å². The number of anilines is 1. The molecule has 11 heteroatoms. The second-order valence-electron chi connectivity index (χ2n) is 6.66. The zero-order valence-corrected chi connectivity index (χ0v) is 17.9. The molecule has 31 heavy (non-hydrogen) atoms. The number of nitro groups is 1. The molecule has 0 spiro atoms. The first kappa shape index (κ1) is 22.4. The van der Waals surface area contributed by atoms with Gasteiger partial charge in [0.1, 0.15) is 6.07 Å². The van der Waals surface area contributed by atoms with E-state index in [0.717, 1.165) is 11.8 Å². The van der Waals surface area contributed by atoms with E-state index in [-0.39, 0.29) is 29.3 Å². The number of halogens is 1. The van der Waals surface area contributed by atoms with E-state index >= 15 is 0 Å². The van der Waals surface area contributed by atoms with Crippen LogP contribution in [0, 0.1) is 21.4 Å². The number of pyridine rings is 1. The predicted molar refractivity (Wildman–Crippen MR) is 116 cm³/mol. The minimum absolute atomic E-state index is 0.0772. The minimum Gasteiger partial charge on any atom is -0.376 e. The molecular weight excluding hydrogens is 444 g/mol. The summed E-state index contributed by atoms with van der Waals surface area (Å²) in [5.74, 6) is 0. The van der Waals surface area contributed by atoms with Crippen LogP contribution in [0.4, 0.5) is 11.4 Å². The van der Waals surface area contributed by atoms with Crippen LogP contribution in [-0.2, 0) is 14.3 Å². The molecule has 0 aliphatic heterocycles. The minimum atomic E-state index is -3.63. The molecule has 160 valence electrons. The number of nitrogens with one attached hydrogen (secondary N) is 1. The fourth-order valence-corrected chi connectivity index (χ4v) is 3.75. The SMILES string of the molecule is CS(=O)(=O)OCCC(Nc1c(C#N)cnc2c(Cl)cc([N+](=O)[O-])cc12)c1ccccc1. The summed E-state index contributed by atoms with van der Waals surface area (Å²) in [6, 6.07) is 13.2. The summed E-state index contributed by atoms with van der Waals surface area (Å²) in [6.45, 7) is -0.1000. The summed E-state index contributed by atoms with van der Waals surface area (Å²) < 4.78 is 27.6. The first-order valence-corrected chi connectivity index (χ1v) is 11.2. The van der Waals surface area contributed by atoms with E-state index < -0.39 is 21.1 Å². The van der Waals surface area contributed by atoms with Crippen molar-refractivity contribution in [1.29, 1.82) is 5.26 Å². The molecule has 0 bridgehead atoms. The lowest BCUT2D eigenvalue weighted by Crippen LogP contribution is -2.16. The highest BCUT2D eigenvalue weighted by molar-refractivity contribution is 7.85. The maximum absolute atomic E-state index is 11.3. The number of nitro benzene ring substituents is 1. The van der Waals surface area contributed by atoms with Gasteiger partial charge in [-0.25, -0.2) is 0 Å². The van der Waals surface area contributed by atoms with E-state index in [1.807, 2.05) is 36.4 Å². The van der Waals surface area contributed by atoms with Gasteiger partial charge in [0.05, 0.1) is 45.6 Å². The summed E-state index contributed by atoms with van der Waals surface area (Å²) in [5, 5.41) is 24.5. The molecule has 1 aromatic heterocycles. The Morgan fingerprint density at radius 3 is 2.65 bits per heavy atom. The van der Waals surface area contributed by atoms with Crippen molar-refractivity contribution in [1.82, 2.24) is 4.98 Å². The standard InChI is InChI=1S/C20H17ClN4O5S/c1-31(28,29)30-8-7-18(13-5-3-2-4-6-13)24-19-14(11-22)12-23-20-16(19)9-15(25(26)27)10-17(20)21/h2-6,9-10,12,18H,7-8H2,1H3,(H,23,24). The van der Waals surface area contributed by atoms with E-state index in [0.29, 0.717) is 16.6 Å². The topological polar surface area (TPSA) is 135 Å². The van der Waals surface area contributed by atoms with Gasteiger partial charge in [-0.1, -0.05) is 41.9 Å². The van der Waals surface area contributed by atoms with Crippen LogP contribution in [0.5, 0.6) is 0 Å². The van der Waals surface area contributed by atoms with E-state index in [2.05, 4.69) is 10.3 Å². The van der Waals surface area contributed by atoms with Gasteiger partial charge in [0.25, 0.3) is 15.8 Å². The molecule has 0 amide bonds. The summed E-state index contributed by atoms with van der Waals surface area (Å²) in [6.07, 6.45) is 2.54. The first-order chi connectivity index (χ1) is 14.7. The van der Waals surface area contributed by atoms with Crippen molar-refractivity contribution in [2.45, 2.75) is 12.5 Å². The van der Waals surface area contributed by atoms with E-state index in [4.69, 9.17) is 15.8 Å². The maximum atomic E-state index is 11.3. The molecule has 0 aliphatic carbocycles. The Bertz CT molecular complexity index is 1280. The van der Waals surface area contributed by atoms with Crippen molar-refractivity contribution in [3.63, 3.8) is 0 Å². The van der Waals surface area contributed by atoms with Crippen molar-refractivity contribution in [2.75, 3.05) is 18.2 Å². The number of non-ortho nitro benzene ring substituents is 1. The Balaban J connectivity index is 2.10. The van der Waals surface area contributed by atoms with Gasteiger partial charge in [-0.15, -0.1) is 0 Å². The van der Waals surface area contributed by atoms with Crippen LogP contribution >= 0.6 is 11.6 Å². The highest BCUT2D eigenvalue weighted by Gasteiger charge is 2.20. The molecule has 2 aromatic carbocycles. The Morgan fingerprint density at radius 2 is 2.03 bits per heavy atom. The van der Waals surface area contributed by atoms with Crippen LogP contribution < -0.4 is 5.32 Å². The number of benzene rings is 2. The third-order valence-corrected chi connectivity index (χ3v) is 5.35. The van der Waals surface area contributed by atoms with Gasteiger partial charge in [0, 0.05) is 23.7 Å². The van der Waals surface area contributed by atoms with Gasteiger partial charge in [-0.2, -0.15) is 13.7 Å². The van der Waals surface area contributed by atoms with Crippen LogP contribution in [0.1, 0.15) is 23.6 Å². The summed E-state index contributed by atoms with van der Waals surface area (Å²) in [7, 11) is -3.63. The molecule has 1 atom stereocenters. The fourth-order valence-electron chi connectivity index (χ4n) is 3.09. The zero-order chi connectivity index (χ0) is 22.6. The average Bonchev–Trinajstić information content (AvgIpc) is 2.72. The van der Waals surface area contributed by atoms with E-state index in [1.54, 1.807) is 0 Å². The number of hydrogen-bond acceptors (Lipinski definition) is 8. The van der Waals surface area contributed by atoms with Gasteiger partial charge in [-0.3, -0.25) is 19.3 Å². The summed E-state index contributed by atoms with van der Waals surface area (Å²) >= 11 is 6.20.